The van der Waals surface area contributed by atoms with Crippen molar-refractivity contribution in [1.29, 1.82) is 0 Å². The molecule has 0 aromatic heterocycles. The maximum absolute atomic E-state index is 12.0. The summed E-state index contributed by atoms with van der Waals surface area (Å²) in [6.07, 6.45) is 0.125. The molecule has 0 spiro atoms. The lowest BCUT2D eigenvalue weighted by Crippen LogP contribution is -2.22. The maximum Gasteiger partial charge on any atom is 0.243 e. The Labute approximate surface area is 145 Å². The highest BCUT2D eigenvalue weighted by Crippen LogP contribution is 2.29. The van der Waals surface area contributed by atoms with Crippen LogP contribution in [0.15, 0.2) is 42.5 Å². The van der Waals surface area contributed by atoms with E-state index < -0.39 is 0 Å². The molecule has 0 fully saturated rings. The van der Waals surface area contributed by atoms with Crippen LogP contribution in [-0.4, -0.2) is 18.6 Å². The third-order valence-corrected chi connectivity index (χ3v) is 3.54. The van der Waals surface area contributed by atoms with Gasteiger partial charge < -0.3 is 15.4 Å². The predicted molar refractivity (Wildman–Crippen MR) is 95.8 cm³/mol. The fourth-order valence-corrected chi connectivity index (χ4v) is 2.40. The van der Waals surface area contributed by atoms with Gasteiger partial charge in [0.1, 0.15) is 5.75 Å². The highest BCUT2D eigenvalue weighted by Gasteiger charge is 2.09. The number of halogens is 2. The number of amides is 1. The van der Waals surface area contributed by atoms with E-state index in [1.807, 2.05) is 38.1 Å². The summed E-state index contributed by atoms with van der Waals surface area (Å²) in [6, 6.07) is 12.5. The van der Waals surface area contributed by atoms with Crippen LogP contribution in [0, 0.1) is 0 Å². The zero-order valence-electron chi connectivity index (χ0n) is 12.9. The second-order valence-corrected chi connectivity index (χ2v) is 6.00. The van der Waals surface area contributed by atoms with Crippen molar-refractivity contribution >= 4 is 40.5 Å². The Bertz CT molecular complexity index is 653. The highest BCUT2D eigenvalue weighted by molar-refractivity contribution is 6.39. The number of hydrogen-bond acceptors (Lipinski definition) is 3. The van der Waals surface area contributed by atoms with Gasteiger partial charge in [0.25, 0.3) is 0 Å². The zero-order chi connectivity index (χ0) is 16.8. The van der Waals surface area contributed by atoms with Gasteiger partial charge in [-0.05, 0) is 50.2 Å². The Hall–Kier alpha value is -1.91. The molecule has 2 N–H and O–H groups in total. The first-order valence-electron chi connectivity index (χ1n) is 7.20. The van der Waals surface area contributed by atoms with E-state index in [1.165, 1.54) is 0 Å². The molecule has 4 nitrogen and oxygen atoms in total. The molecule has 2 aromatic rings. The van der Waals surface area contributed by atoms with Gasteiger partial charge in [0, 0.05) is 5.69 Å². The monoisotopic (exact) mass is 352 g/mol. The lowest BCUT2D eigenvalue weighted by atomic mass is 10.3. The van der Waals surface area contributed by atoms with Crippen molar-refractivity contribution in [3.63, 3.8) is 0 Å². The minimum Gasteiger partial charge on any atom is -0.491 e. The average Bonchev–Trinajstić information content (AvgIpc) is 2.50. The van der Waals surface area contributed by atoms with Gasteiger partial charge in [0.05, 0.1) is 28.4 Å². The third-order valence-electron chi connectivity index (χ3n) is 2.91. The third kappa shape index (κ3) is 5.34. The summed E-state index contributed by atoms with van der Waals surface area (Å²) in [7, 11) is 0. The summed E-state index contributed by atoms with van der Waals surface area (Å²) in [5.41, 5.74) is 1.24. The second kappa shape index (κ2) is 8.09. The largest absolute Gasteiger partial charge is 0.491 e. The van der Waals surface area contributed by atoms with E-state index in [4.69, 9.17) is 27.9 Å². The van der Waals surface area contributed by atoms with Gasteiger partial charge in [0.15, 0.2) is 0 Å². The normalized spacial score (nSPS) is 10.5. The topological polar surface area (TPSA) is 50.4 Å². The molecule has 1 amide bonds. The molecule has 0 saturated heterocycles. The van der Waals surface area contributed by atoms with E-state index in [1.54, 1.807) is 18.2 Å². The Morgan fingerprint density at radius 3 is 2.26 bits per heavy atom. The average molecular weight is 353 g/mol. The molecule has 0 aliphatic heterocycles. The van der Waals surface area contributed by atoms with Crippen LogP contribution in [-0.2, 0) is 4.79 Å². The molecular weight excluding hydrogens is 335 g/mol. The Kier molecular flexibility index (Phi) is 6.13. The molecule has 23 heavy (non-hydrogen) atoms. The van der Waals surface area contributed by atoms with Gasteiger partial charge in [-0.3, -0.25) is 4.79 Å². The Morgan fingerprint density at radius 2 is 1.70 bits per heavy atom. The van der Waals surface area contributed by atoms with E-state index in [0.717, 1.165) is 11.4 Å². The summed E-state index contributed by atoms with van der Waals surface area (Å²) in [5.74, 6) is 0.556. The first kappa shape index (κ1) is 17.4. The van der Waals surface area contributed by atoms with Crippen molar-refractivity contribution in [1.82, 2.24) is 0 Å². The van der Waals surface area contributed by atoms with Crippen LogP contribution in [0.5, 0.6) is 5.75 Å². The summed E-state index contributed by atoms with van der Waals surface area (Å²) in [5, 5.41) is 6.53. The number of rotatable bonds is 6. The van der Waals surface area contributed by atoms with Crippen LogP contribution in [0.4, 0.5) is 11.4 Å². The summed E-state index contributed by atoms with van der Waals surface area (Å²) < 4.78 is 5.56. The van der Waals surface area contributed by atoms with E-state index in [0.29, 0.717) is 15.7 Å². The summed E-state index contributed by atoms with van der Waals surface area (Å²) >= 11 is 12.0. The summed E-state index contributed by atoms with van der Waals surface area (Å²) in [4.78, 5) is 12.0. The Balaban J connectivity index is 1.89. The SMILES string of the molecule is CC(C)Oc1ccc(NCC(=O)Nc2c(Cl)cccc2Cl)cc1. The minimum atomic E-state index is -0.234. The van der Waals surface area contributed by atoms with Crippen LogP contribution < -0.4 is 15.4 Å². The van der Waals surface area contributed by atoms with Gasteiger partial charge >= 0.3 is 0 Å². The number of benzene rings is 2. The fourth-order valence-electron chi connectivity index (χ4n) is 1.91. The second-order valence-electron chi connectivity index (χ2n) is 5.19. The van der Waals surface area contributed by atoms with Crippen molar-refractivity contribution in [2.45, 2.75) is 20.0 Å². The smallest absolute Gasteiger partial charge is 0.243 e. The molecule has 0 bridgehead atoms. The minimum absolute atomic E-state index is 0.103. The quantitative estimate of drug-likeness (QED) is 0.782. The van der Waals surface area contributed by atoms with E-state index in [9.17, 15) is 4.79 Å². The van der Waals surface area contributed by atoms with Crippen molar-refractivity contribution in [2.75, 3.05) is 17.2 Å². The standard InChI is InChI=1S/C17H18Cl2N2O2/c1-11(2)23-13-8-6-12(7-9-13)20-10-16(22)21-17-14(18)4-3-5-15(17)19/h3-9,11,20H,10H2,1-2H3,(H,21,22). The zero-order valence-corrected chi connectivity index (χ0v) is 14.4. The molecule has 0 aliphatic carbocycles. The van der Waals surface area contributed by atoms with Gasteiger partial charge in [0.2, 0.25) is 5.91 Å². The molecule has 0 saturated carbocycles. The molecular formula is C17H18Cl2N2O2. The van der Waals surface area contributed by atoms with Crippen LogP contribution in [0.3, 0.4) is 0 Å². The fraction of sp³-hybridized carbons (Fsp3) is 0.235. The van der Waals surface area contributed by atoms with Crippen LogP contribution in [0.2, 0.25) is 10.0 Å². The molecule has 2 rings (SSSR count). The lowest BCUT2D eigenvalue weighted by molar-refractivity contribution is -0.114. The molecule has 2 aromatic carbocycles. The number of carbonyl (C=O) groups excluding carboxylic acids is 1. The van der Waals surface area contributed by atoms with Gasteiger partial charge in [-0.2, -0.15) is 0 Å². The van der Waals surface area contributed by atoms with E-state index >= 15 is 0 Å². The number of hydrogen-bond donors (Lipinski definition) is 2. The number of carbonyl (C=O) groups is 1. The molecule has 0 unspecified atom stereocenters. The number of ether oxygens (including phenoxy) is 1. The molecule has 6 heteroatoms. The molecule has 0 atom stereocenters. The van der Waals surface area contributed by atoms with Gasteiger partial charge in [-0.1, -0.05) is 29.3 Å². The van der Waals surface area contributed by atoms with E-state index in [2.05, 4.69) is 10.6 Å². The first-order chi connectivity index (χ1) is 11.0. The summed E-state index contributed by atoms with van der Waals surface area (Å²) in [6.45, 7) is 4.04. The van der Waals surface area contributed by atoms with Crippen LogP contribution >= 0.6 is 23.2 Å². The molecule has 0 radical (unpaired) electrons. The first-order valence-corrected chi connectivity index (χ1v) is 7.96. The van der Waals surface area contributed by atoms with Gasteiger partial charge in [-0.25, -0.2) is 0 Å². The van der Waals surface area contributed by atoms with Gasteiger partial charge in [-0.15, -0.1) is 0 Å². The van der Waals surface area contributed by atoms with Crippen molar-refractivity contribution in [3.8, 4) is 5.75 Å². The van der Waals surface area contributed by atoms with Crippen LogP contribution in [0.25, 0.3) is 0 Å². The van der Waals surface area contributed by atoms with Crippen molar-refractivity contribution in [3.05, 3.63) is 52.5 Å². The van der Waals surface area contributed by atoms with E-state index in [-0.39, 0.29) is 18.6 Å². The lowest BCUT2D eigenvalue weighted by Gasteiger charge is -2.12. The number of nitrogens with one attached hydrogen (secondary N) is 2. The van der Waals surface area contributed by atoms with Crippen molar-refractivity contribution < 1.29 is 9.53 Å². The Morgan fingerprint density at radius 1 is 1.09 bits per heavy atom. The van der Waals surface area contributed by atoms with Crippen LogP contribution in [0.1, 0.15) is 13.8 Å². The molecule has 0 heterocycles. The highest BCUT2D eigenvalue weighted by atomic mass is 35.5. The predicted octanol–water partition coefficient (Wildman–Crippen LogP) is 4.83. The maximum atomic E-state index is 12.0. The molecule has 122 valence electrons. The number of para-hydroxylation sites is 1. The molecule has 0 aliphatic rings. The van der Waals surface area contributed by atoms with Crippen molar-refractivity contribution in [2.24, 2.45) is 0 Å². The number of anilines is 2.